The van der Waals surface area contributed by atoms with Crippen LogP contribution in [0.15, 0.2) is 43.6 Å². The van der Waals surface area contributed by atoms with E-state index in [4.69, 9.17) is 23.2 Å². The van der Waals surface area contributed by atoms with Crippen molar-refractivity contribution in [1.82, 2.24) is 9.47 Å². The molecule has 0 atom stereocenters. The van der Waals surface area contributed by atoms with Crippen LogP contribution >= 0.6 is 23.2 Å². The highest BCUT2D eigenvalue weighted by Gasteiger charge is 2.27. The second-order valence-corrected chi connectivity index (χ2v) is 10.6. The molecule has 1 aliphatic rings. The van der Waals surface area contributed by atoms with Crippen LogP contribution in [0.3, 0.4) is 0 Å². The number of piperidine rings is 1. The van der Waals surface area contributed by atoms with Gasteiger partial charge in [-0.1, -0.05) is 50.2 Å². The van der Waals surface area contributed by atoms with Crippen LogP contribution in [0.4, 0.5) is 8.78 Å². The van der Waals surface area contributed by atoms with Crippen molar-refractivity contribution < 1.29 is 13.6 Å². The molecule has 2 aromatic carbocycles. The molecule has 0 saturated carbocycles. The molecule has 204 valence electrons. The van der Waals surface area contributed by atoms with Crippen molar-refractivity contribution in [2.45, 2.75) is 59.8 Å². The summed E-state index contributed by atoms with van der Waals surface area (Å²) in [6.45, 7) is 18.8. The minimum absolute atomic E-state index is 0.0229. The number of carbonyl (C=O) groups excluding carboxylic acids is 1. The van der Waals surface area contributed by atoms with E-state index >= 15 is 0 Å². The lowest BCUT2D eigenvalue weighted by Gasteiger charge is -2.34. The first-order valence-corrected chi connectivity index (χ1v) is 13.8. The summed E-state index contributed by atoms with van der Waals surface area (Å²) in [5.41, 5.74) is 5.04. The van der Waals surface area contributed by atoms with Crippen molar-refractivity contribution >= 4 is 51.8 Å². The molecule has 3 nitrogen and oxygen atoms in total. The topological polar surface area (TPSA) is 25.2 Å². The zero-order chi connectivity index (χ0) is 28.4. The maximum atomic E-state index is 14.1. The normalized spacial score (nSPS) is 14.3. The number of nitrogens with zero attached hydrogens (tertiary/aromatic N) is 2. The van der Waals surface area contributed by atoms with Crippen molar-refractivity contribution in [3.63, 3.8) is 0 Å². The number of aldehydes is 1. The number of halogens is 4. The van der Waals surface area contributed by atoms with E-state index in [0.29, 0.717) is 39.2 Å². The van der Waals surface area contributed by atoms with Gasteiger partial charge in [-0.15, -0.1) is 0 Å². The lowest BCUT2D eigenvalue weighted by Crippen LogP contribution is -2.32. The second kappa shape index (κ2) is 12.0. The van der Waals surface area contributed by atoms with Gasteiger partial charge in [0.15, 0.2) is 0 Å². The third kappa shape index (κ3) is 5.84. The third-order valence-corrected chi connectivity index (χ3v) is 7.91. The van der Waals surface area contributed by atoms with Gasteiger partial charge in [-0.25, -0.2) is 8.78 Å². The average molecular weight is 562 g/mol. The van der Waals surface area contributed by atoms with E-state index in [2.05, 4.69) is 18.1 Å². The van der Waals surface area contributed by atoms with Crippen LogP contribution < -0.4 is 0 Å². The molecule has 0 N–H and O–H groups in total. The number of aryl methyl sites for hydroxylation is 2. The highest BCUT2D eigenvalue weighted by atomic mass is 35.5. The monoisotopic (exact) mass is 560 g/mol. The minimum atomic E-state index is -2.94. The van der Waals surface area contributed by atoms with E-state index in [-0.39, 0.29) is 5.56 Å². The predicted molar refractivity (Wildman–Crippen MR) is 157 cm³/mol. The van der Waals surface area contributed by atoms with Gasteiger partial charge in [0.2, 0.25) is 0 Å². The highest BCUT2D eigenvalue weighted by molar-refractivity contribution is 6.38. The maximum absolute atomic E-state index is 14.1. The largest absolute Gasteiger partial charge is 0.371 e. The van der Waals surface area contributed by atoms with E-state index in [9.17, 15) is 13.6 Å². The Morgan fingerprint density at radius 3 is 2.29 bits per heavy atom. The first-order valence-electron chi connectivity index (χ1n) is 13.0. The van der Waals surface area contributed by atoms with Crippen molar-refractivity contribution in [3.05, 3.63) is 81.5 Å². The molecular formula is C31H36Cl2F2N2O. The molecule has 1 aromatic heterocycles. The van der Waals surface area contributed by atoms with Crippen molar-refractivity contribution in [2.24, 2.45) is 5.92 Å². The molecule has 0 aliphatic carbocycles. The summed E-state index contributed by atoms with van der Waals surface area (Å²) in [5, 5.41) is 1.63. The summed E-state index contributed by atoms with van der Waals surface area (Å²) in [5.74, 6) is -2.53. The molecule has 4 rings (SSSR count). The lowest BCUT2D eigenvalue weighted by molar-refractivity contribution is -0.108. The summed E-state index contributed by atoms with van der Waals surface area (Å²) in [4.78, 5) is 13.1. The number of aromatic nitrogens is 1. The molecule has 1 aliphatic heterocycles. The summed E-state index contributed by atoms with van der Waals surface area (Å²) < 4.78 is 30.0. The standard InChI is InChI=1S/C29H30Cl2F2N2O.C2H6/c1-17-14-22(29(5,32)33)15-24-18(2)16-35(28(17)24)20(4)26-25(30)7-6-23(27(26)31)19(3)34-11-8-21(9-12-34)10-13-36;1-2/h6-7,13-16,21H,3-4,8-12H2,1-2,5H3;1-2H3. The van der Waals surface area contributed by atoms with Gasteiger partial charge in [-0.2, -0.15) is 0 Å². The van der Waals surface area contributed by atoms with Crippen molar-refractivity contribution in [2.75, 3.05) is 13.1 Å². The molecule has 0 amide bonds. The Morgan fingerprint density at radius 2 is 1.71 bits per heavy atom. The molecule has 2 heterocycles. The van der Waals surface area contributed by atoms with Crippen LogP contribution in [-0.2, 0) is 10.7 Å². The third-order valence-electron chi connectivity index (χ3n) is 7.20. The summed E-state index contributed by atoms with van der Waals surface area (Å²) in [6.07, 6.45) is 5.31. The van der Waals surface area contributed by atoms with E-state index in [1.54, 1.807) is 6.07 Å². The molecule has 7 heteroatoms. The fourth-order valence-electron chi connectivity index (χ4n) is 5.10. The predicted octanol–water partition coefficient (Wildman–Crippen LogP) is 9.49. The average Bonchev–Trinajstić information content (AvgIpc) is 3.22. The second-order valence-electron chi connectivity index (χ2n) is 9.77. The van der Waals surface area contributed by atoms with Crippen molar-refractivity contribution in [1.29, 1.82) is 0 Å². The van der Waals surface area contributed by atoms with Crippen LogP contribution in [-0.4, -0.2) is 28.8 Å². The fourth-order valence-corrected chi connectivity index (χ4v) is 5.80. The van der Waals surface area contributed by atoms with Crippen LogP contribution in [0.2, 0.25) is 10.0 Å². The SMILES string of the molecule is C=C(c1ccc(Cl)c(C(=C)n2cc(C)c3cc(C(C)(F)F)cc(C)c32)c1Cl)N1CCC(CC=O)CC1.CC. The number of hydrogen-bond donors (Lipinski definition) is 0. The van der Waals surface area contributed by atoms with Gasteiger partial charge in [0.1, 0.15) is 6.29 Å². The molecule has 0 radical (unpaired) electrons. The molecule has 1 saturated heterocycles. The van der Waals surface area contributed by atoms with Gasteiger partial charge in [-0.05, 0) is 68.0 Å². The molecule has 3 aromatic rings. The number of likely N-dealkylation sites (tertiary alicyclic amines) is 1. The first kappa shape index (κ1) is 29.9. The van der Waals surface area contributed by atoms with Crippen LogP contribution in [0.1, 0.15) is 67.9 Å². The Bertz CT molecular complexity index is 1360. The Labute approximate surface area is 234 Å². The van der Waals surface area contributed by atoms with Crippen LogP contribution in [0.25, 0.3) is 22.3 Å². The number of carbonyl (C=O) groups is 1. The summed E-state index contributed by atoms with van der Waals surface area (Å²) >= 11 is 13.6. The van der Waals surface area contributed by atoms with E-state index in [1.165, 1.54) is 12.1 Å². The molecule has 1 fully saturated rings. The minimum Gasteiger partial charge on any atom is -0.371 e. The van der Waals surface area contributed by atoms with E-state index in [0.717, 1.165) is 66.9 Å². The highest BCUT2D eigenvalue weighted by Crippen LogP contribution is 2.41. The van der Waals surface area contributed by atoms with Gasteiger partial charge in [0, 0.05) is 66.1 Å². The number of fused-ring (bicyclic) bond motifs is 1. The molecule has 0 unspecified atom stereocenters. The zero-order valence-electron chi connectivity index (χ0n) is 22.8. The molecule has 0 bridgehead atoms. The van der Waals surface area contributed by atoms with Gasteiger partial charge >= 0.3 is 0 Å². The molecule has 38 heavy (non-hydrogen) atoms. The van der Waals surface area contributed by atoms with Gasteiger partial charge in [0.25, 0.3) is 5.92 Å². The number of benzene rings is 2. The lowest BCUT2D eigenvalue weighted by atomic mass is 9.93. The fraction of sp³-hybridized carbons (Fsp3) is 0.387. The quantitative estimate of drug-likeness (QED) is 0.269. The zero-order valence-corrected chi connectivity index (χ0v) is 24.3. The van der Waals surface area contributed by atoms with Crippen LogP contribution in [0, 0.1) is 19.8 Å². The number of hydrogen-bond acceptors (Lipinski definition) is 2. The van der Waals surface area contributed by atoms with Gasteiger partial charge in [-0.3, -0.25) is 0 Å². The van der Waals surface area contributed by atoms with Crippen molar-refractivity contribution in [3.8, 4) is 0 Å². The van der Waals surface area contributed by atoms with E-state index < -0.39 is 5.92 Å². The van der Waals surface area contributed by atoms with E-state index in [1.807, 2.05) is 44.5 Å². The Balaban J connectivity index is 0.00000195. The van der Waals surface area contributed by atoms with Crippen LogP contribution in [0.5, 0.6) is 0 Å². The maximum Gasteiger partial charge on any atom is 0.270 e. The van der Waals surface area contributed by atoms with Gasteiger partial charge in [0.05, 0.1) is 15.6 Å². The number of rotatable bonds is 7. The Kier molecular flexibility index (Phi) is 9.48. The summed E-state index contributed by atoms with van der Waals surface area (Å²) in [6, 6.07) is 6.70. The number of alkyl halides is 2. The molecular weight excluding hydrogens is 525 g/mol. The Morgan fingerprint density at radius 1 is 1.08 bits per heavy atom. The summed E-state index contributed by atoms with van der Waals surface area (Å²) in [7, 11) is 0. The van der Waals surface area contributed by atoms with Gasteiger partial charge < -0.3 is 14.3 Å². The first-order chi connectivity index (χ1) is 17.9. The smallest absolute Gasteiger partial charge is 0.270 e. The Hall–Kier alpha value is -2.63. The molecule has 0 spiro atoms.